The van der Waals surface area contributed by atoms with Crippen molar-refractivity contribution in [3.05, 3.63) is 58.4 Å². The molecule has 3 heterocycles. The number of rotatable bonds is 5. The van der Waals surface area contributed by atoms with E-state index in [0.29, 0.717) is 39.8 Å². The van der Waals surface area contributed by atoms with Gasteiger partial charge in [0.05, 0.1) is 11.4 Å². The zero-order valence-corrected chi connectivity index (χ0v) is 20.3. The summed E-state index contributed by atoms with van der Waals surface area (Å²) in [5, 5.41) is 13.3. The summed E-state index contributed by atoms with van der Waals surface area (Å²) in [5.41, 5.74) is 1.86. The Morgan fingerprint density at radius 3 is 2.64 bits per heavy atom. The summed E-state index contributed by atoms with van der Waals surface area (Å²) in [7, 11) is 5.07. The molecule has 0 aliphatic heterocycles. The predicted octanol–water partition coefficient (Wildman–Crippen LogP) is 4.21. The summed E-state index contributed by atoms with van der Waals surface area (Å²) in [4.78, 5) is 34.3. The maximum Gasteiger partial charge on any atom is 0.324 e. The molecule has 3 aromatic heterocycles. The van der Waals surface area contributed by atoms with E-state index in [1.165, 1.54) is 35.6 Å². The van der Waals surface area contributed by atoms with E-state index in [9.17, 15) is 14.0 Å². The van der Waals surface area contributed by atoms with Gasteiger partial charge in [-0.3, -0.25) is 19.4 Å². The molecular formula is C25H27FN8O2. The van der Waals surface area contributed by atoms with E-state index >= 15 is 0 Å². The van der Waals surface area contributed by atoms with E-state index in [0.717, 1.165) is 18.5 Å². The molecule has 0 atom stereocenters. The number of fused-ring (bicyclic) bond motifs is 1. The number of aryl methyl sites for hydroxylation is 2. The highest BCUT2D eigenvalue weighted by Crippen LogP contribution is 2.34. The third-order valence-corrected chi connectivity index (χ3v) is 6.61. The van der Waals surface area contributed by atoms with Crippen LogP contribution in [0.4, 0.5) is 26.6 Å². The number of nitrogens with zero attached hydrogens (tertiary/aromatic N) is 5. The van der Waals surface area contributed by atoms with Crippen molar-refractivity contribution in [3.8, 4) is 11.1 Å². The lowest BCUT2D eigenvalue weighted by Crippen LogP contribution is -2.22. The Morgan fingerprint density at radius 2 is 1.89 bits per heavy atom. The van der Waals surface area contributed by atoms with E-state index in [2.05, 4.69) is 31.0 Å². The van der Waals surface area contributed by atoms with Crippen molar-refractivity contribution >= 4 is 34.5 Å². The third-order valence-electron chi connectivity index (χ3n) is 6.61. The maximum atomic E-state index is 14.6. The smallest absolute Gasteiger partial charge is 0.324 e. The molecule has 1 fully saturated rings. The summed E-state index contributed by atoms with van der Waals surface area (Å²) in [6.45, 7) is 0. The fourth-order valence-corrected chi connectivity index (χ4v) is 4.66. The van der Waals surface area contributed by atoms with E-state index in [4.69, 9.17) is 0 Å². The highest BCUT2D eigenvalue weighted by Gasteiger charge is 2.21. The van der Waals surface area contributed by atoms with Crippen LogP contribution in [0.5, 0.6) is 0 Å². The second-order valence-corrected chi connectivity index (χ2v) is 8.98. The first-order valence-electron chi connectivity index (χ1n) is 11.8. The molecule has 11 heteroatoms. The molecule has 0 bridgehead atoms. The standard InChI is InChI=1S/C25H27FN8O2/c1-27-24-28-13-16-10-17(23(35)33(2)22(16)31-24)15-8-9-18(26)20(11-15)29-25(36)30-21-12-19(32-34(21)3)14-6-4-5-7-14/h8-14H,4-7H2,1-3H3,(H,27,28,31)(H2,29,30,36). The highest BCUT2D eigenvalue weighted by atomic mass is 19.1. The van der Waals surface area contributed by atoms with Gasteiger partial charge in [-0.05, 0) is 36.6 Å². The molecule has 2 amide bonds. The van der Waals surface area contributed by atoms with Gasteiger partial charge in [0.1, 0.15) is 17.3 Å². The average Bonchev–Trinajstić information content (AvgIpc) is 3.53. The zero-order valence-electron chi connectivity index (χ0n) is 20.3. The van der Waals surface area contributed by atoms with E-state index in [1.54, 1.807) is 38.1 Å². The number of carbonyl (C=O) groups is 1. The van der Waals surface area contributed by atoms with Crippen LogP contribution >= 0.6 is 0 Å². The molecule has 3 N–H and O–H groups in total. The van der Waals surface area contributed by atoms with Crippen molar-refractivity contribution < 1.29 is 9.18 Å². The highest BCUT2D eigenvalue weighted by molar-refractivity contribution is 5.99. The summed E-state index contributed by atoms with van der Waals surface area (Å²) < 4.78 is 17.6. The van der Waals surface area contributed by atoms with Gasteiger partial charge >= 0.3 is 6.03 Å². The number of carbonyl (C=O) groups excluding carboxylic acids is 1. The fraction of sp³-hybridized carbons (Fsp3) is 0.320. The third kappa shape index (κ3) is 4.39. The molecule has 1 aliphatic rings. The number of benzene rings is 1. The van der Waals surface area contributed by atoms with E-state index in [-0.39, 0.29) is 11.2 Å². The molecule has 1 saturated carbocycles. The van der Waals surface area contributed by atoms with Gasteiger partial charge in [-0.15, -0.1) is 0 Å². The van der Waals surface area contributed by atoms with Gasteiger partial charge in [0.15, 0.2) is 0 Å². The maximum absolute atomic E-state index is 14.6. The summed E-state index contributed by atoms with van der Waals surface area (Å²) in [5.74, 6) is 0.706. The number of halogens is 1. The Bertz CT molecular complexity index is 1520. The van der Waals surface area contributed by atoms with Crippen LogP contribution in [0, 0.1) is 5.82 Å². The average molecular weight is 491 g/mol. The molecule has 1 aliphatic carbocycles. The Labute approximate surface area is 206 Å². The normalized spacial score (nSPS) is 13.8. The number of anilines is 3. The van der Waals surface area contributed by atoms with Crippen LogP contribution in [0.3, 0.4) is 0 Å². The molecule has 4 aromatic rings. The largest absolute Gasteiger partial charge is 0.357 e. The number of urea groups is 1. The van der Waals surface area contributed by atoms with Crippen molar-refractivity contribution in [2.75, 3.05) is 23.0 Å². The Kier molecular flexibility index (Phi) is 6.13. The molecule has 0 unspecified atom stereocenters. The van der Waals surface area contributed by atoms with E-state index in [1.807, 2.05) is 6.07 Å². The lowest BCUT2D eigenvalue weighted by molar-refractivity contribution is 0.262. The monoisotopic (exact) mass is 490 g/mol. The minimum Gasteiger partial charge on any atom is -0.357 e. The predicted molar refractivity (Wildman–Crippen MR) is 137 cm³/mol. The fourth-order valence-electron chi connectivity index (χ4n) is 4.66. The molecule has 36 heavy (non-hydrogen) atoms. The zero-order chi connectivity index (χ0) is 25.4. The Hall–Kier alpha value is -4.28. The minimum absolute atomic E-state index is 0.0490. The van der Waals surface area contributed by atoms with Crippen LogP contribution in [0.1, 0.15) is 37.3 Å². The van der Waals surface area contributed by atoms with Gasteiger partial charge in [0.2, 0.25) is 5.95 Å². The van der Waals surface area contributed by atoms with Gasteiger partial charge in [-0.25, -0.2) is 14.2 Å². The molecule has 0 radical (unpaired) electrons. The van der Waals surface area contributed by atoms with Crippen molar-refractivity contribution in [3.63, 3.8) is 0 Å². The van der Waals surface area contributed by atoms with Gasteiger partial charge in [-0.1, -0.05) is 18.9 Å². The number of pyridine rings is 1. The van der Waals surface area contributed by atoms with Crippen molar-refractivity contribution in [1.82, 2.24) is 24.3 Å². The summed E-state index contributed by atoms with van der Waals surface area (Å²) in [6.07, 6.45) is 6.17. The van der Waals surface area contributed by atoms with Crippen LogP contribution in [0.2, 0.25) is 0 Å². The van der Waals surface area contributed by atoms with Crippen LogP contribution < -0.4 is 21.5 Å². The SMILES string of the molecule is CNc1ncc2cc(-c3ccc(F)c(NC(=O)Nc4cc(C5CCCC5)nn4C)c3)c(=O)n(C)c2n1. The second-order valence-electron chi connectivity index (χ2n) is 8.98. The van der Waals surface area contributed by atoms with Crippen LogP contribution in [0.25, 0.3) is 22.2 Å². The molecule has 10 nitrogen and oxygen atoms in total. The molecule has 186 valence electrons. The van der Waals surface area contributed by atoms with Gasteiger partial charge in [0, 0.05) is 50.3 Å². The number of hydrogen-bond donors (Lipinski definition) is 3. The Morgan fingerprint density at radius 1 is 1.11 bits per heavy atom. The first kappa shape index (κ1) is 23.5. The first-order chi connectivity index (χ1) is 17.3. The molecular weight excluding hydrogens is 463 g/mol. The molecule has 0 saturated heterocycles. The summed E-state index contributed by atoms with van der Waals surface area (Å²) in [6, 6.07) is 7.08. The van der Waals surface area contributed by atoms with E-state index < -0.39 is 11.8 Å². The number of aromatic nitrogens is 5. The molecule has 5 rings (SSSR count). The van der Waals surface area contributed by atoms with Crippen molar-refractivity contribution in [2.45, 2.75) is 31.6 Å². The van der Waals surface area contributed by atoms with Crippen molar-refractivity contribution in [2.24, 2.45) is 14.1 Å². The van der Waals surface area contributed by atoms with Crippen molar-refractivity contribution in [1.29, 1.82) is 0 Å². The van der Waals surface area contributed by atoms with Crippen LogP contribution in [0.15, 0.2) is 41.3 Å². The molecule has 1 aromatic carbocycles. The lowest BCUT2D eigenvalue weighted by Gasteiger charge is -2.12. The Balaban J connectivity index is 1.40. The number of hydrogen-bond acceptors (Lipinski definition) is 6. The lowest BCUT2D eigenvalue weighted by atomic mass is 10.0. The van der Waals surface area contributed by atoms with Gasteiger partial charge < -0.3 is 10.6 Å². The minimum atomic E-state index is -0.620. The van der Waals surface area contributed by atoms with Crippen LogP contribution in [-0.4, -0.2) is 37.4 Å². The number of nitrogens with one attached hydrogen (secondary N) is 3. The topological polar surface area (TPSA) is 119 Å². The number of amides is 2. The quantitative estimate of drug-likeness (QED) is 0.386. The first-order valence-corrected chi connectivity index (χ1v) is 11.8. The summed E-state index contributed by atoms with van der Waals surface area (Å²) >= 11 is 0. The van der Waals surface area contributed by atoms with Gasteiger partial charge in [0.25, 0.3) is 5.56 Å². The van der Waals surface area contributed by atoms with Gasteiger partial charge in [-0.2, -0.15) is 10.1 Å². The molecule has 0 spiro atoms. The second kappa shape index (κ2) is 9.40. The van der Waals surface area contributed by atoms with Crippen LogP contribution in [-0.2, 0) is 14.1 Å².